The SMILES string of the molecule is CC1=C(CC(=O)O)C2=C(S(=O)(=O)c3cccc(N(C)C=O)c3)C(F)=CCC2=N1. The van der Waals surface area contributed by atoms with Crippen molar-refractivity contribution < 1.29 is 27.5 Å². The van der Waals surface area contributed by atoms with Gasteiger partial charge >= 0.3 is 5.97 Å². The first kappa shape index (κ1) is 19.7. The number of hydrogen-bond donors (Lipinski definition) is 1. The van der Waals surface area contributed by atoms with Crippen molar-refractivity contribution >= 4 is 33.6 Å². The number of rotatable bonds is 6. The second-order valence-electron chi connectivity index (χ2n) is 6.37. The highest BCUT2D eigenvalue weighted by Gasteiger charge is 2.37. The minimum atomic E-state index is -4.34. The lowest BCUT2D eigenvalue weighted by atomic mass is 9.94. The van der Waals surface area contributed by atoms with Gasteiger partial charge in [-0.3, -0.25) is 14.6 Å². The number of aliphatic imine (C=N–C) groups is 1. The number of carboxylic acids is 1. The maximum Gasteiger partial charge on any atom is 0.307 e. The quantitative estimate of drug-likeness (QED) is 0.734. The lowest BCUT2D eigenvalue weighted by molar-refractivity contribution is -0.136. The van der Waals surface area contributed by atoms with Crippen molar-refractivity contribution in [3.05, 3.63) is 57.9 Å². The van der Waals surface area contributed by atoms with Gasteiger partial charge in [-0.1, -0.05) is 6.07 Å². The van der Waals surface area contributed by atoms with E-state index in [0.29, 0.717) is 23.5 Å². The largest absolute Gasteiger partial charge is 0.481 e. The number of benzene rings is 1. The Hall–Kier alpha value is -3.07. The highest BCUT2D eigenvalue weighted by atomic mass is 32.2. The van der Waals surface area contributed by atoms with E-state index in [1.165, 1.54) is 30.1 Å². The van der Waals surface area contributed by atoms with Crippen LogP contribution in [0.5, 0.6) is 0 Å². The lowest BCUT2D eigenvalue weighted by Gasteiger charge is -2.19. The van der Waals surface area contributed by atoms with Crippen LogP contribution in [0.15, 0.2) is 67.8 Å². The summed E-state index contributed by atoms with van der Waals surface area (Å²) in [5.41, 5.74) is 1.21. The number of sulfone groups is 1. The molecule has 0 saturated carbocycles. The molecule has 7 nitrogen and oxygen atoms in total. The van der Waals surface area contributed by atoms with Crippen LogP contribution in [0.25, 0.3) is 0 Å². The first-order chi connectivity index (χ1) is 13.2. The number of halogens is 1. The Kier molecular flexibility index (Phi) is 5.03. The van der Waals surface area contributed by atoms with Gasteiger partial charge < -0.3 is 10.0 Å². The lowest BCUT2D eigenvalue weighted by Crippen LogP contribution is -2.18. The number of allylic oxidation sites excluding steroid dienone is 4. The predicted molar refractivity (Wildman–Crippen MR) is 101 cm³/mol. The van der Waals surface area contributed by atoms with Crippen molar-refractivity contribution in [1.29, 1.82) is 0 Å². The Balaban J connectivity index is 2.23. The summed E-state index contributed by atoms with van der Waals surface area (Å²) in [6, 6.07) is 5.55. The smallest absolute Gasteiger partial charge is 0.307 e. The molecule has 0 fully saturated rings. The molecule has 0 bridgehead atoms. The molecule has 28 heavy (non-hydrogen) atoms. The van der Waals surface area contributed by atoms with Crippen LogP contribution in [0.1, 0.15) is 19.8 Å². The van der Waals surface area contributed by atoms with Crippen LogP contribution in [0.4, 0.5) is 10.1 Å². The summed E-state index contributed by atoms with van der Waals surface area (Å²) in [6.07, 6.45) is 1.25. The number of carbonyl (C=O) groups is 2. The van der Waals surface area contributed by atoms with E-state index < -0.39 is 33.0 Å². The first-order valence-electron chi connectivity index (χ1n) is 8.30. The zero-order valence-electron chi connectivity index (χ0n) is 15.1. The minimum absolute atomic E-state index is 0.0223. The molecule has 146 valence electrons. The molecule has 2 aliphatic rings. The second kappa shape index (κ2) is 7.16. The molecule has 1 aliphatic carbocycles. The Bertz CT molecular complexity index is 1110. The van der Waals surface area contributed by atoms with Crippen molar-refractivity contribution in [2.24, 2.45) is 4.99 Å². The minimum Gasteiger partial charge on any atom is -0.481 e. The van der Waals surface area contributed by atoms with Gasteiger partial charge in [-0.2, -0.15) is 0 Å². The number of aliphatic carboxylic acids is 1. The van der Waals surface area contributed by atoms with Gasteiger partial charge in [-0.15, -0.1) is 0 Å². The van der Waals surface area contributed by atoms with Gasteiger partial charge in [0.1, 0.15) is 10.7 Å². The second-order valence-corrected chi connectivity index (χ2v) is 8.26. The number of anilines is 1. The fraction of sp³-hybridized carbons (Fsp3) is 0.211. The van der Waals surface area contributed by atoms with E-state index in [-0.39, 0.29) is 22.5 Å². The Morgan fingerprint density at radius 1 is 1.39 bits per heavy atom. The number of carboxylic acid groups (broad SMARTS) is 1. The van der Waals surface area contributed by atoms with Gasteiger partial charge in [0, 0.05) is 30.4 Å². The van der Waals surface area contributed by atoms with E-state index in [2.05, 4.69) is 4.99 Å². The van der Waals surface area contributed by atoms with Gasteiger partial charge in [0.25, 0.3) is 0 Å². The number of nitrogens with zero attached hydrogens (tertiary/aromatic N) is 2. The highest BCUT2D eigenvalue weighted by molar-refractivity contribution is 7.95. The van der Waals surface area contributed by atoms with Crippen molar-refractivity contribution in [1.82, 2.24) is 0 Å². The molecule has 0 radical (unpaired) electrons. The summed E-state index contributed by atoms with van der Waals surface area (Å²) in [5.74, 6) is -2.11. The van der Waals surface area contributed by atoms with E-state index in [1.807, 2.05) is 0 Å². The summed E-state index contributed by atoms with van der Waals surface area (Å²) in [4.78, 5) is 26.8. The van der Waals surface area contributed by atoms with Crippen molar-refractivity contribution in [3.63, 3.8) is 0 Å². The molecule has 9 heteroatoms. The molecule has 0 unspecified atom stereocenters. The third-order valence-electron chi connectivity index (χ3n) is 4.54. The maximum absolute atomic E-state index is 14.8. The van der Waals surface area contributed by atoms with Crippen LogP contribution >= 0.6 is 0 Å². The van der Waals surface area contributed by atoms with Crippen LogP contribution in [0.3, 0.4) is 0 Å². The van der Waals surface area contributed by atoms with Crippen molar-refractivity contribution in [2.45, 2.75) is 24.7 Å². The van der Waals surface area contributed by atoms with E-state index in [1.54, 1.807) is 13.0 Å². The molecule has 1 aromatic carbocycles. The summed E-state index contributed by atoms with van der Waals surface area (Å²) in [7, 11) is -2.88. The van der Waals surface area contributed by atoms with Crippen LogP contribution < -0.4 is 4.90 Å². The topological polar surface area (TPSA) is 104 Å². The zero-order valence-corrected chi connectivity index (χ0v) is 16.0. The molecule has 1 aliphatic heterocycles. The van der Waals surface area contributed by atoms with E-state index in [0.717, 1.165) is 6.08 Å². The molecule has 0 atom stereocenters. The monoisotopic (exact) mass is 404 g/mol. The summed E-state index contributed by atoms with van der Waals surface area (Å²) in [6.45, 7) is 1.57. The first-order valence-corrected chi connectivity index (χ1v) is 9.78. The molecule has 1 heterocycles. The van der Waals surface area contributed by atoms with Crippen LogP contribution in [0, 0.1) is 0 Å². The zero-order chi connectivity index (χ0) is 20.6. The molecule has 1 N–H and O–H groups in total. The van der Waals surface area contributed by atoms with Crippen molar-refractivity contribution in [3.8, 4) is 0 Å². The Morgan fingerprint density at radius 3 is 2.75 bits per heavy atom. The Morgan fingerprint density at radius 2 is 2.11 bits per heavy atom. The summed E-state index contributed by atoms with van der Waals surface area (Å²) >= 11 is 0. The number of amides is 1. The molecule has 0 spiro atoms. The molecule has 0 aromatic heterocycles. The summed E-state index contributed by atoms with van der Waals surface area (Å²) < 4.78 is 41.3. The molecular weight excluding hydrogens is 387 g/mol. The average Bonchev–Trinajstić information content (AvgIpc) is 2.95. The molecule has 1 aromatic rings. The van der Waals surface area contributed by atoms with Crippen LogP contribution in [-0.2, 0) is 19.4 Å². The Labute approximate surface area is 161 Å². The van der Waals surface area contributed by atoms with Crippen LogP contribution in [0.2, 0.25) is 0 Å². The number of fused-ring (bicyclic) bond motifs is 1. The predicted octanol–water partition coefficient (Wildman–Crippen LogP) is 2.77. The molecular formula is C19H17FN2O5S. The third-order valence-corrected chi connectivity index (χ3v) is 6.35. The molecule has 0 saturated heterocycles. The maximum atomic E-state index is 14.8. The van der Waals surface area contributed by atoms with Gasteiger partial charge in [0.15, 0.2) is 0 Å². The van der Waals surface area contributed by atoms with Crippen molar-refractivity contribution in [2.75, 3.05) is 11.9 Å². The fourth-order valence-electron chi connectivity index (χ4n) is 3.17. The molecule has 3 rings (SSSR count). The van der Waals surface area contributed by atoms with Gasteiger partial charge in [-0.05, 0) is 36.8 Å². The van der Waals surface area contributed by atoms with Gasteiger partial charge in [0.05, 0.1) is 17.0 Å². The standard InChI is InChI=1S/C19H17FN2O5S/c1-11-14(9-17(24)25)18-16(21-11)7-6-15(20)19(18)28(26,27)13-5-3-4-12(8-13)22(2)10-23/h3-6,8,10H,7,9H2,1-2H3,(H,24,25). The van der Waals surface area contributed by atoms with E-state index in [4.69, 9.17) is 0 Å². The van der Waals surface area contributed by atoms with Gasteiger partial charge in [0.2, 0.25) is 16.2 Å². The van der Waals surface area contributed by atoms with Crippen LogP contribution in [-0.4, -0.2) is 38.7 Å². The van der Waals surface area contributed by atoms with Gasteiger partial charge in [-0.25, -0.2) is 12.8 Å². The third kappa shape index (κ3) is 3.29. The summed E-state index contributed by atoms with van der Waals surface area (Å²) in [5, 5.41) is 9.17. The average molecular weight is 404 g/mol. The fourth-order valence-corrected chi connectivity index (χ4v) is 4.79. The number of carbonyl (C=O) groups excluding carboxylic acids is 1. The van der Waals surface area contributed by atoms with E-state index >= 15 is 0 Å². The normalized spacial score (nSPS) is 16.5. The highest BCUT2D eigenvalue weighted by Crippen LogP contribution is 2.41. The number of hydrogen-bond acceptors (Lipinski definition) is 5. The van der Waals surface area contributed by atoms with E-state index in [9.17, 15) is 27.5 Å². The molecule has 1 amide bonds.